The maximum Gasteiger partial charge on any atom is 0.267 e. The molecule has 0 spiro atoms. The van der Waals surface area contributed by atoms with E-state index in [2.05, 4.69) is 11.2 Å². The molecule has 0 saturated carbocycles. The molecule has 2 aromatic rings. The van der Waals surface area contributed by atoms with E-state index in [0.717, 1.165) is 11.3 Å². The first kappa shape index (κ1) is 11.1. The molecule has 84 valence electrons. The third-order valence-corrected chi connectivity index (χ3v) is 2.39. The summed E-state index contributed by atoms with van der Waals surface area (Å²) < 4.78 is 1.39. The molecule has 0 N–H and O–H groups in total. The van der Waals surface area contributed by atoms with E-state index in [9.17, 15) is 4.79 Å². The summed E-state index contributed by atoms with van der Waals surface area (Å²) in [4.78, 5) is 11.6. The third-order valence-electron chi connectivity index (χ3n) is 2.39. The topological polar surface area (TPSA) is 58.7 Å². The molecule has 0 aliphatic carbocycles. The van der Waals surface area contributed by atoms with Gasteiger partial charge in [0.05, 0.1) is 23.9 Å². The molecule has 1 aromatic heterocycles. The van der Waals surface area contributed by atoms with E-state index in [-0.39, 0.29) is 5.56 Å². The molecule has 17 heavy (non-hydrogen) atoms. The van der Waals surface area contributed by atoms with Crippen molar-refractivity contribution in [2.24, 2.45) is 0 Å². The summed E-state index contributed by atoms with van der Waals surface area (Å²) in [6.07, 6.45) is 0. The highest BCUT2D eigenvalue weighted by atomic mass is 16.1. The van der Waals surface area contributed by atoms with Crippen LogP contribution >= 0.6 is 0 Å². The number of benzene rings is 1. The van der Waals surface area contributed by atoms with Crippen molar-refractivity contribution in [2.75, 3.05) is 0 Å². The van der Waals surface area contributed by atoms with Gasteiger partial charge in [0.25, 0.3) is 5.56 Å². The quantitative estimate of drug-likeness (QED) is 0.777. The molecule has 0 fully saturated rings. The largest absolute Gasteiger partial charge is 0.268 e. The van der Waals surface area contributed by atoms with Crippen molar-refractivity contribution in [1.82, 2.24) is 9.78 Å². The van der Waals surface area contributed by atoms with Gasteiger partial charge in [0.1, 0.15) is 0 Å². The number of aromatic nitrogens is 2. The summed E-state index contributed by atoms with van der Waals surface area (Å²) in [5, 5.41) is 12.9. The standard InChI is InChI=1S/C13H11N3O/c1-10-5-6-13(17)16(15-10)9-12-4-2-3-11(7-12)8-14/h2-7H,9H2,1H3. The summed E-state index contributed by atoms with van der Waals surface area (Å²) >= 11 is 0. The molecule has 0 atom stereocenters. The lowest BCUT2D eigenvalue weighted by molar-refractivity contribution is 0.628. The second-order valence-electron chi connectivity index (χ2n) is 3.78. The highest BCUT2D eigenvalue weighted by Crippen LogP contribution is 2.04. The molecule has 0 radical (unpaired) electrons. The fourth-order valence-corrected chi connectivity index (χ4v) is 1.58. The van der Waals surface area contributed by atoms with Crippen molar-refractivity contribution < 1.29 is 0 Å². The second kappa shape index (κ2) is 4.62. The number of rotatable bonds is 2. The molecule has 1 aromatic carbocycles. The smallest absolute Gasteiger partial charge is 0.267 e. The van der Waals surface area contributed by atoms with E-state index in [1.54, 1.807) is 24.3 Å². The van der Waals surface area contributed by atoms with Crippen LogP contribution in [0.25, 0.3) is 0 Å². The van der Waals surface area contributed by atoms with Gasteiger partial charge in [-0.1, -0.05) is 12.1 Å². The van der Waals surface area contributed by atoms with Crippen LogP contribution in [0.2, 0.25) is 0 Å². The van der Waals surface area contributed by atoms with Crippen LogP contribution in [0.15, 0.2) is 41.2 Å². The Morgan fingerprint density at radius 1 is 1.35 bits per heavy atom. The van der Waals surface area contributed by atoms with Crippen LogP contribution in [0.1, 0.15) is 16.8 Å². The summed E-state index contributed by atoms with van der Waals surface area (Å²) in [5.74, 6) is 0. The zero-order chi connectivity index (χ0) is 12.3. The van der Waals surface area contributed by atoms with E-state index in [0.29, 0.717) is 12.1 Å². The van der Waals surface area contributed by atoms with Gasteiger partial charge in [-0.2, -0.15) is 10.4 Å². The van der Waals surface area contributed by atoms with E-state index in [1.807, 2.05) is 13.0 Å². The lowest BCUT2D eigenvalue weighted by Crippen LogP contribution is -2.22. The van der Waals surface area contributed by atoms with E-state index >= 15 is 0 Å². The van der Waals surface area contributed by atoms with Gasteiger partial charge in [0.15, 0.2) is 0 Å². The second-order valence-corrected chi connectivity index (χ2v) is 3.78. The Hall–Kier alpha value is -2.41. The normalized spacial score (nSPS) is 9.88. The van der Waals surface area contributed by atoms with Crippen LogP contribution < -0.4 is 5.56 Å². The average molecular weight is 225 g/mol. The molecule has 0 amide bonds. The van der Waals surface area contributed by atoms with Gasteiger partial charge >= 0.3 is 0 Å². The van der Waals surface area contributed by atoms with Crippen molar-refractivity contribution in [3.8, 4) is 6.07 Å². The molecule has 0 unspecified atom stereocenters. The maximum absolute atomic E-state index is 11.6. The molecule has 4 nitrogen and oxygen atoms in total. The Morgan fingerprint density at radius 2 is 2.18 bits per heavy atom. The lowest BCUT2D eigenvalue weighted by atomic mass is 10.1. The van der Waals surface area contributed by atoms with E-state index in [4.69, 9.17) is 5.26 Å². The predicted octanol–water partition coefficient (Wildman–Crippen LogP) is 1.47. The molecule has 4 heteroatoms. The summed E-state index contributed by atoms with van der Waals surface area (Å²) in [5.41, 5.74) is 2.13. The van der Waals surface area contributed by atoms with Crippen molar-refractivity contribution in [2.45, 2.75) is 13.5 Å². The molecule has 0 aliphatic heterocycles. The maximum atomic E-state index is 11.6. The zero-order valence-corrected chi connectivity index (χ0v) is 9.42. The predicted molar refractivity (Wildman–Crippen MR) is 63.5 cm³/mol. The zero-order valence-electron chi connectivity index (χ0n) is 9.42. The van der Waals surface area contributed by atoms with Crippen LogP contribution in [0, 0.1) is 18.3 Å². The Balaban J connectivity index is 2.35. The Kier molecular flexibility index (Phi) is 3.01. The minimum Gasteiger partial charge on any atom is -0.268 e. The van der Waals surface area contributed by atoms with Crippen LogP contribution in [-0.4, -0.2) is 9.78 Å². The fraction of sp³-hybridized carbons (Fsp3) is 0.154. The van der Waals surface area contributed by atoms with Crippen molar-refractivity contribution in [1.29, 1.82) is 5.26 Å². The molecule has 2 rings (SSSR count). The van der Waals surface area contributed by atoms with Crippen LogP contribution in [0.4, 0.5) is 0 Å². The highest BCUT2D eigenvalue weighted by molar-refractivity contribution is 5.32. The number of aryl methyl sites for hydroxylation is 1. The molecule has 0 saturated heterocycles. The minimum absolute atomic E-state index is 0.141. The summed E-state index contributed by atoms with van der Waals surface area (Å²) in [7, 11) is 0. The van der Waals surface area contributed by atoms with Gasteiger partial charge < -0.3 is 0 Å². The summed E-state index contributed by atoms with van der Waals surface area (Å²) in [6, 6.07) is 12.4. The van der Waals surface area contributed by atoms with Crippen molar-refractivity contribution >= 4 is 0 Å². The van der Waals surface area contributed by atoms with Gasteiger partial charge in [-0.15, -0.1) is 0 Å². The Morgan fingerprint density at radius 3 is 2.94 bits per heavy atom. The van der Waals surface area contributed by atoms with E-state index in [1.165, 1.54) is 10.7 Å². The monoisotopic (exact) mass is 225 g/mol. The fourth-order valence-electron chi connectivity index (χ4n) is 1.58. The molecule has 0 aliphatic rings. The van der Waals surface area contributed by atoms with Gasteiger partial charge in [-0.25, -0.2) is 4.68 Å². The van der Waals surface area contributed by atoms with Crippen molar-refractivity contribution in [3.05, 3.63) is 63.6 Å². The minimum atomic E-state index is -0.141. The molecular formula is C13H11N3O. The van der Waals surface area contributed by atoms with Crippen LogP contribution in [0.3, 0.4) is 0 Å². The SMILES string of the molecule is Cc1ccc(=O)n(Cc2cccc(C#N)c2)n1. The number of nitrogens with zero attached hydrogens (tertiary/aromatic N) is 3. The first-order valence-corrected chi connectivity index (χ1v) is 5.23. The average Bonchev–Trinajstić information content (AvgIpc) is 2.34. The Labute approximate surface area is 98.8 Å². The van der Waals surface area contributed by atoms with Gasteiger partial charge in [-0.05, 0) is 30.7 Å². The first-order chi connectivity index (χ1) is 8.19. The number of nitriles is 1. The van der Waals surface area contributed by atoms with Crippen LogP contribution in [0.5, 0.6) is 0 Å². The highest BCUT2D eigenvalue weighted by Gasteiger charge is 2.00. The first-order valence-electron chi connectivity index (χ1n) is 5.23. The Bertz CT molecular complexity index is 638. The van der Waals surface area contributed by atoms with Crippen LogP contribution in [-0.2, 0) is 6.54 Å². The third kappa shape index (κ3) is 2.58. The number of hydrogen-bond donors (Lipinski definition) is 0. The van der Waals surface area contributed by atoms with Gasteiger partial charge in [0, 0.05) is 6.07 Å². The molecule has 1 heterocycles. The van der Waals surface area contributed by atoms with Gasteiger partial charge in [0.2, 0.25) is 0 Å². The molecule has 0 bridgehead atoms. The molecular weight excluding hydrogens is 214 g/mol. The van der Waals surface area contributed by atoms with Crippen molar-refractivity contribution in [3.63, 3.8) is 0 Å². The number of hydrogen-bond acceptors (Lipinski definition) is 3. The van der Waals surface area contributed by atoms with Gasteiger partial charge in [-0.3, -0.25) is 4.79 Å². The summed E-state index contributed by atoms with van der Waals surface area (Å²) in [6.45, 7) is 2.22. The van der Waals surface area contributed by atoms with E-state index < -0.39 is 0 Å². The lowest BCUT2D eigenvalue weighted by Gasteiger charge is -2.05.